The summed E-state index contributed by atoms with van der Waals surface area (Å²) < 4.78 is 27.3. The molecule has 0 atom stereocenters. The van der Waals surface area contributed by atoms with Gasteiger partial charge in [-0.1, -0.05) is 0 Å². The number of hydrogen-bond acceptors (Lipinski definition) is 2. The maximum absolute atomic E-state index is 13.7. The van der Waals surface area contributed by atoms with Gasteiger partial charge in [-0.05, 0) is 48.1 Å². The number of benzene rings is 1. The third kappa shape index (κ3) is 4.34. The van der Waals surface area contributed by atoms with Crippen molar-refractivity contribution in [3.63, 3.8) is 0 Å². The second kappa shape index (κ2) is 6.80. The first-order chi connectivity index (χ1) is 8.41. The molecule has 1 rings (SSSR count). The topological polar surface area (TPSA) is 40.5 Å². The molecule has 0 aliphatic carbocycles. The maximum atomic E-state index is 13.7. The Bertz CT molecular complexity index is 440. The van der Waals surface area contributed by atoms with E-state index in [4.69, 9.17) is 5.11 Å². The number of carbonyl (C=O) groups is 1. The number of carboxylic acids is 1. The molecule has 0 saturated heterocycles. The summed E-state index contributed by atoms with van der Waals surface area (Å²) in [6.07, 6.45) is 0.497. The number of aliphatic carboxylic acids is 1. The Hall–Kier alpha value is -1.01. The van der Waals surface area contributed by atoms with Gasteiger partial charge in [0.15, 0.2) is 0 Å². The highest BCUT2D eigenvalue weighted by atomic mass is 79.9. The predicted octanol–water partition coefficient (Wildman–Crippen LogP) is 3.02. The van der Waals surface area contributed by atoms with E-state index in [0.29, 0.717) is 13.0 Å². The molecular weight excluding hydrogens is 308 g/mol. The molecule has 0 spiro atoms. The second-order valence-electron chi connectivity index (χ2n) is 4.06. The van der Waals surface area contributed by atoms with Gasteiger partial charge in [-0.2, -0.15) is 0 Å². The van der Waals surface area contributed by atoms with Crippen molar-refractivity contribution in [3.8, 4) is 0 Å². The Morgan fingerprint density at radius 1 is 1.44 bits per heavy atom. The molecule has 0 bridgehead atoms. The molecule has 0 aromatic heterocycles. The van der Waals surface area contributed by atoms with E-state index in [1.165, 1.54) is 12.1 Å². The van der Waals surface area contributed by atoms with Gasteiger partial charge in [0.05, 0.1) is 4.47 Å². The zero-order valence-electron chi connectivity index (χ0n) is 9.92. The van der Waals surface area contributed by atoms with E-state index >= 15 is 0 Å². The van der Waals surface area contributed by atoms with Gasteiger partial charge in [-0.25, -0.2) is 8.78 Å². The van der Waals surface area contributed by atoms with Crippen LogP contribution in [0.2, 0.25) is 0 Å². The third-order valence-corrected chi connectivity index (χ3v) is 3.11. The summed E-state index contributed by atoms with van der Waals surface area (Å²) in [6.45, 7) is 0.578. The monoisotopic (exact) mass is 321 g/mol. The van der Waals surface area contributed by atoms with Crippen molar-refractivity contribution in [2.75, 3.05) is 13.6 Å². The molecule has 0 aliphatic rings. The lowest BCUT2D eigenvalue weighted by Gasteiger charge is -2.17. The van der Waals surface area contributed by atoms with Crippen molar-refractivity contribution in [1.29, 1.82) is 0 Å². The fourth-order valence-corrected chi connectivity index (χ4v) is 1.93. The van der Waals surface area contributed by atoms with Crippen molar-refractivity contribution in [2.45, 2.75) is 19.4 Å². The Kier molecular flexibility index (Phi) is 5.68. The summed E-state index contributed by atoms with van der Waals surface area (Å²) in [6, 6.07) is 2.52. The summed E-state index contributed by atoms with van der Waals surface area (Å²) in [7, 11) is 1.70. The highest BCUT2D eigenvalue weighted by molar-refractivity contribution is 9.10. The molecule has 0 heterocycles. The van der Waals surface area contributed by atoms with Gasteiger partial charge in [0.1, 0.15) is 11.6 Å². The molecular formula is C12H14BrF2NO2. The normalized spacial score (nSPS) is 10.9. The van der Waals surface area contributed by atoms with Gasteiger partial charge in [-0.15, -0.1) is 0 Å². The van der Waals surface area contributed by atoms with Crippen LogP contribution in [0.5, 0.6) is 0 Å². The van der Waals surface area contributed by atoms with Crippen LogP contribution < -0.4 is 0 Å². The highest BCUT2D eigenvalue weighted by Crippen LogP contribution is 2.22. The Morgan fingerprint density at radius 2 is 2.11 bits per heavy atom. The zero-order chi connectivity index (χ0) is 13.7. The first-order valence-corrected chi connectivity index (χ1v) is 6.24. The second-order valence-corrected chi connectivity index (χ2v) is 4.91. The quantitative estimate of drug-likeness (QED) is 0.819. The number of halogens is 3. The SMILES string of the molecule is CN(CCCC(=O)O)Cc1c(F)ccc(Br)c1F. The molecule has 1 aromatic rings. The lowest BCUT2D eigenvalue weighted by molar-refractivity contribution is -0.137. The van der Waals surface area contributed by atoms with E-state index < -0.39 is 17.6 Å². The van der Waals surface area contributed by atoms with Crippen LogP contribution >= 0.6 is 15.9 Å². The molecule has 3 nitrogen and oxygen atoms in total. The van der Waals surface area contributed by atoms with Crippen molar-refractivity contribution in [2.24, 2.45) is 0 Å². The summed E-state index contributed by atoms with van der Waals surface area (Å²) in [4.78, 5) is 12.0. The molecule has 0 unspecified atom stereocenters. The highest BCUT2D eigenvalue weighted by Gasteiger charge is 2.14. The molecule has 100 valence electrons. The molecule has 18 heavy (non-hydrogen) atoms. The molecule has 0 amide bonds. The number of carboxylic acid groups (broad SMARTS) is 1. The van der Waals surface area contributed by atoms with Crippen LogP contribution in [0, 0.1) is 11.6 Å². The van der Waals surface area contributed by atoms with Crippen LogP contribution in [-0.2, 0) is 11.3 Å². The lowest BCUT2D eigenvalue weighted by Crippen LogP contribution is -2.21. The average molecular weight is 322 g/mol. The molecule has 0 fully saturated rings. The Labute approximate surface area is 113 Å². The molecule has 0 radical (unpaired) electrons. The molecule has 1 aromatic carbocycles. The van der Waals surface area contributed by atoms with E-state index in [-0.39, 0.29) is 23.0 Å². The molecule has 0 aliphatic heterocycles. The number of nitrogens with zero attached hydrogens (tertiary/aromatic N) is 1. The average Bonchev–Trinajstić information content (AvgIpc) is 2.29. The summed E-state index contributed by atoms with van der Waals surface area (Å²) >= 11 is 3.00. The van der Waals surface area contributed by atoms with Crippen LogP contribution in [-0.4, -0.2) is 29.6 Å². The minimum atomic E-state index is -0.872. The maximum Gasteiger partial charge on any atom is 0.303 e. The van der Waals surface area contributed by atoms with Crippen molar-refractivity contribution >= 4 is 21.9 Å². The molecule has 0 saturated carbocycles. The van der Waals surface area contributed by atoms with Crippen LogP contribution in [0.1, 0.15) is 18.4 Å². The van der Waals surface area contributed by atoms with E-state index in [1.54, 1.807) is 11.9 Å². The van der Waals surface area contributed by atoms with Crippen LogP contribution in [0.3, 0.4) is 0 Å². The van der Waals surface area contributed by atoms with Gasteiger partial charge in [-0.3, -0.25) is 4.79 Å². The predicted molar refractivity (Wildman–Crippen MR) is 67.3 cm³/mol. The van der Waals surface area contributed by atoms with Gasteiger partial charge >= 0.3 is 5.97 Å². The van der Waals surface area contributed by atoms with E-state index in [2.05, 4.69) is 15.9 Å². The zero-order valence-corrected chi connectivity index (χ0v) is 11.5. The van der Waals surface area contributed by atoms with Crippen molar-refractivity contribution in [1.82, 2.24) is 4.90 Å². The minimum Gasteiger partial charge on any atom is -0.481 e. The van der Waals surface area contributed by atoms with Crippen LogP contribution in [0.25, 0.3) is 0 Å². The molecule has 1 N–H and O–H groups in total. The number of rotatable bonds is 6. The smallest absolute Gasteiger partial charge is 0.303 e. The fraction of sp³-hybridized carbons (Fsp3) is 0.417. The summed E-state index contributed by atoms with van der Waals surface area (Å²) in [5.74, 6) is -2.08. The van der Waals surface area contributed by atoms with Crippen molar-refractivity contribution in [3.05, 3.63) is 33.8 Å². The Morgan fingerprint density at radius 3 is 2.72 bits per heavy atom. The van der Waals surface area contributed by atoms with E-state index in [0.717, 1.165) is 0 Å². The van der Waals surface area contributed by atoms with Crippen molar-refractivity contribution < 1.29 is 18.7 Å². The van der Waals surface area contributed by atoms with Gasteiger partial charge in [0, 0.05) is 18.5 Å². The first kappa shape index (κ1) is 15.0. The minimum absolute atomic E-state index is 0.0119. The van der Waals surface area contributed by atoms with Gasteiger partial charge < -0.3 is 10.0 Å². The third-order valence-electron chi connectivity index (χ3n) is 2.50. The largest absolute Gasteiger partial charge is 0.481 e. The Balaban J connectivity index is 2.61. The van der Waals surface area contributed by atoms with E-state index in [9.17, 15) is 13.6 Å². The lowest BCUT2D eigenvalue weighted by atomic mass is 10.2. The number of hydrogen-bond donors (Lipinski definition) is 1. The summed E-state index contributed by atoms with van der Waals surface area (Å²) in [5.41, 5.74) is -0.0119. The summed E-state index contributed by atoms with van der Waals surface area (Å²) in [5, 5.41) is 8.50. The van der Waals surface area contributed by atoms with Crippen LogP contribution in [0.15, 0.2) is 16.6 Å². The van der Waals surface area contributed by atoms with E-state index in [1.807, 2.05) is 0 Å². The van der Waals surface area contributed by atoms with Gasteiger partial charge in [0.2, 0.25) is 0 Å². The molecule has 6 heteroatoms. The fourth-order valence-electron chi connectivity index (χ4n) is 1.56. The first-order valence-electron chi connectivity index (χ1n) is 5.44. The standard InChI is InChI=1S/C12H14BrF2NO2/c1-16(6-2-3-11(17)18)7-8-10(14)5-4-9(13)12(8)15/h4-5H,2-3,6-7H2,1H3,(H,17,18). The van der Waals surface area contributed by atoms with Gasteiger partial charge in [0.25, 0.3) is 0 Å². The van der Waals surface area contributed by atoms with Crippen LogP contribution in [0.4, 0.5) is 8.78 Å².